The van der Waals surface area contributed by atoms with Gasteiger partial charge in [-0.1, -0.05) is 295 Å². The molecule has 0 aliphatic carbocycles. The van der Waals surface area contributed by atoms with Crippen molar-refractivity contribution in [3.8, 4) is 55.6 Å². The first-order chi connectivity index (χ1) is 49.1. The number of hydrogen-bond donors (Lipinski definition) is 0. The summed E-state index contributed by atoms with van der Waals surface area (Å²) in [6, 6.07) is 117. The van der Waals surface area contributed by atoms with Crippen LogP contribution in [0.1, 0.15) is 27.8 Å². The minimum Gasteiger partial charge on any atom is -0.456 e. The average molecular weight is 1310 g/mol. The summed E-state index contributed by atoms with van der Waals surface area (Å²) in [6.45, 7) is 10.6. The lowest BCUT2D eigenvalue weighted by molar-refractivity contribution is 0.668. The van der Waals surface area contributed by atoms with Crippen molar-refractivity contribution in [2.75, 3.05) is 0 Å². The van der Waals surface area contributed by atoms with E-state index < -0.39 is 0 Å². The number of thiophene rings is 1. The zero-order chi connectivity index (χ0) is 67.6. The van der Waals surface area contributed by atoms with Gasteiger partial charge < -0.3 is 17.7 Å². The largest absolute Gasteiger partial charge is 0.456 e. The Kier molecular flexibility index (Phi) is 17.1. The summed E-state index contributed by atoms with van der Waals surface area (Å²) in [5, 5.41) is 12.2. The lowest BCUT2D eigenvalue weighted by Gasteiger charge is -2.05. The highest BCUT2D eigenvalue weighted by Crippen LogP contribution is 2.42. The van der Waals surface area contributed by atoms with Gasteiger partial charge in [-0.3, -0.25) is 0 Å². The Morgan fingerprint density at radius 3 is 1.11 bits per heavy atom. The molecule has 0 aliphatic heterocycles. The normalized spacial score (nSPS) is 11.2. The number of aryl methyl sites for hydroxylation is 5. The topological polar surface area (TPSA) is 52.6 Å². The molecule has 5 heterocycles. The fourth-order valence-electron chi connectivity index (χ4n) is 13.5. The standard InChI is InChI=1S/4C19H14O.C19H14S/c1-13-9-11-14(12-10-13)15-6-4-7-17-16-5-2-3-8-18(16)20-19(15)17;1-13-9-11-14(12-10-13)15-6-4-8-18-19(15)16-5-2-3-7-17(16)20-18;1-13-6-8-14(9-7-13)15-10-11-19-17(12-15)16-4-2-3-5-18(16)20-19;1-13-6-8-14(9-7-13)15-10-11-17-16-4-2-3-5-18(16)20-19(17)12-15;1-13-9-11-14(12-10-13)15-6-4-8-18-19(15)16-5-2-3-7-17(16)20-18/h5*2-12H,1H3. The van der Waals surface area contributed by atoms with Crippen LogP contribution in [0.5, 0.6) is 0 Å². The van der Waals surface area contributed by atoms with Crippen LogP contribution in [0.4, 0.5) is 0 Å². The first kappa shape index (κ1) is 62.5. The van der Waals surface area contributed by atoms with Crippen molar-refractivity contribution in [2.24, 2.45) is 0 Å². The predicted octanol–water partition coefficient (Wildman–Crippen LogP) is 28.3. The maximum absolute atomic E-state index is 6.07. The number of furan rings is 4. The number of hydrogen-bond acceptors (Lipinski definition) is 5. The second kappa shape index (κ2) is 27.3. The van der Waals surface area contributed by atoms with Gasteiger partial charge in [0.2, 0.25) is 0 Å². The monoisotopic (exact) mass is 1310 g/mol. The molecule has 0 radical (unpaired) electrons. The quantitative estimate of drug-likeness (QED) is 0.172. The van der Waals surface area contributed by atoms with Crippen LogP contribution in [0, 0.1) is 34.6 Å². The summed E-state index contributed by atoms with van der Waals surface area (Å²) in [5.74, 6) is 0. The average Bonchev–Trinajstić information content (AvgIpc) is 1.69. The van der Waals surface area contributed by atoms with E-state index in [9.17, 15) is 0 Å². The molecule has 0 N–H and O–H groups in total. The van der Waals surface area contributed by atoms with Gasteiger partial charge in [-0.25, -0.2) is 0 Å². The van der Waals surface area contributed by atoms with Crippen molar-refractivity contribution in [1.82, 2.24) is 0 Å². The van der Waals surface area contributed by atoms with Gasteiger partial charge in [-0.05, 0) is 151 Å². The first-order valence-corrected chi connectivity index (χ1v) is 34.8. The molecule has 0 aliphatic rings. The molecule has 0 unspecified atom stereocenters. The zero-order valence-electron chi connectivity index (χ0n) is 56.3. The highest BCUT2D eigenvalue weighted by atomic mass is 32.1. The third-order valence-electron chi connectivity index (χ3n) is 18.8. The van der Waals surface area contributed by atoms with Crippen molar-refractivity contribution < 1.29 is 17.7 Å². The Hall–Kier alpha value is -12.3. The third-order valence-corrected chi connectivity index (χ3v) is 20.0. The summed E-state index contributed by atoms with van der Waals surface area (Å²) in [6.07, 6.45) is 0. The first-order valence-electron chi connectivity index (χ1n) is 34.0. The molecule has 0 atom stereocenters. The molecule has 0 saturated carbocycles. The molecule has 0 bridgehead atoms. The molecule has 0 saturated heterocycles. The van der Waals surface area contributed by atoms with Gasteiger partial charge >= 0.3 is 0 Å². The minimum absolute atomic E-state index is 0.946. The molecule has 0 spiro atoms. The molecule has 20 aromatic rings. The predicted molar refractivity (Wildman–Crippen MR) is 425 cm³/mol. The molecular formula is C95H70O4S. The fourth-order valence-corrected chi connectivity index (χ4v) is 14.6. The summed E-state index contributed by atoms with van der Waals surface area (Å²) in [5.41, 5.74) is 26.3. The fraction of sp³-hybridized carbons (Fsp3) is 0.0526. The molecule has 20 rings (SSSR count). The number of rotatable bonds is 5. The van der Waals surface area contributed by atoms with Crippen LogP contribution in [0.25, 0.3) is 164 Å². The molecule has 0 fully saturated rings. The van der Waals surface area contributed by atoms with E-state index in [1.54, 1.807) is 0 Å². The van der Waals surface area contributed by atoms with Gasteiger partial charge in [0.05, 0.1) is 0 Å². The molecule has 100 heavy (non-hydrogen) atoms. The lowest BCUT2D eigenvalue weighted by Crippen LogP contribution is -1.80. The zero-order valence-corrected chi connectivity index (χ0v) is 57.1. The maximum Gasteiger partial charge on any atom is 0.143 e. The highest BCUT2D eigenvalue weighted by molar-refractivity contribution is 7.26. The second-order valence-electron chi connectivity index (χ2n) is 25.8. The molecule has 4 nitrogen and oxygen atoms in total. The number of para-hydroxylation sites is 5. The van der Waals surface area contributed by atoms with E-state index in [4.69, 9.17) is 17.7 Å². The van der Waals surface area contributed by atoms with Crippen LogP contribution in [-0.2, 0) is 0 Å². The molecule has 5 heteroatoms. The Labute approximate surface area is 584 Å². The Balaban J connectivity index is 0.0000000972. The molecule has 0 amide bonds. The Morgan fingerprint density at radius 1 is 0.190 bits per heavy atom. The Morgan fingerprint density at radius 2 is 0.530 bits per heavy atom. The molecule has 15 aromatic carbocycles. The van der Waals surface area contributed by atoms with Crippen molar-refractivity contribution in [3.63, 3.8) is 0 Å². The third kappa shape index (κ3) is 12.6. The summed E-state index contributed by atoms with van der Waals surface area (Å²) in [4.78, 5) is 0. The van der Waals surface area contributed by atoms with Crippen LogP contribution in [0.3, 0.4) is 0 Å². The van der Waals surface area contributed by atoms with E-state index in [0.717, 1.165) is 50.2 Å². The van der Waals surface area contributed by atoms with E-state index in [-0.39, 0.29) is 0 Å². The molecule has 5 aromatic heterocycles. The van der Waals surface area contributed by atoms with Gasteiger partial charge in [0.15, 0.2) is 0 Å². The lowest BCUT2D eigenvalue weighted by atomic mass is 9.99. The van der Waals surface area contributed by atoms with Crippen LogP contribution >= 0.6 is 11.3 Å². The van der Waals surface area contributed by atoms with E-state index >= 15 is 0 Å². The minimum atomic E-state index is 0.946. The SMILES string of the molecule is Cc1ccc(-c2ccc3c(c2)oc2ccccc23)cc1.Cc1ccc(-c2ccc3oc4ccccc4c3c2)cc1.Cc1ccc(-c2cccc3c2oc2ccccc23)cc1.Cc1ccc(-c2cccc3oc4ccccc4c23)cc1.Cc1ccc(-c2cccc3sc4ccccc4c23)cc1. The number of benzene rings is 15. The van der Waals surface area contributed by atoms with Gasteiger partial charge in [0.1, 0.15) is 44.7 Å². The van der Waals surface area contributed by atoms with Gasteiger partial charge in [-0.2, -0.15) is 0 Å². The van der Waals surface area contributed by atoms with E-state index in [0.29, 0.717) is 0 Å². The molecular weight excluding hydrogens is 1240 g/mol. The summed E-state index contributed by atoms with van der Waals surface area (Å²) in [7, 11) is 0. The summed E-state index contributed by atoms with van der Waals surface area (Å²) < 4.78 is 26.5. The smallest absolute Gasteiger partial charge is 0.143 e. The van der Waals surface area contributed by atoms with E-state index in [1.807, 2.05) is 72.0 Å². The van der Waals surface area contributed by atoms with Crippen LogP contribution < -0.4 is 0 Å². The molecule has 480 valence electrons. The Bertz CT molecular complexity index is 6110. The van der Waals surface area contributed by atoms with Gasteiger partial charge in [0.25, 0.3) is 0 Å². The van der Waals surface area contributed by atoms with Gasteiger partial charge in [-0.15, -0.1) is 11.3 Å². The highest BCUT2D eigenvalue weighted by Gasteiger charge is 2.16. The summed E-state index contributed by atoms with van der Waals surface area (Å²) >= 11 is 1.87. The van der Waals surface area contributed by atoms with Crippen molar-refractivity contribution in [3.05, 3.63) is 361 Å². The van der Waals surface area contributed by atoms with Crippen molar-refractivity contribution >= 4 is 119 Å². The van der Waals surface area contributed by atoms with E-state index in [1.165, 1.54) is 141 Å². The van der Waals surface area contributed by atoms with Crippen LogP contribution in [0.15, 0.2) is 351 Å². The van der Waals surface area contributed by atoms with E-state index in [2.05, 4.69) is 308 Å². The van der Waals surface area contributed by atoms with Gasteiger partial charge in [0, 0.05) is 68.8 Å². The van der Waals surface area contributed by atoms with Crippen LogP contribution in [0.2, 0.25) is 0 Å². The van der Waals surface area contributed by atoms with Crippen molar-refractivity contribution in [2.45, 2.75) is 34.6 Å². The number of fused-ring (bicyclic) bond motifs is 15. The second-order valence-corrected chi connectivity index (χ2v) is 26.9. The van der Waals surface area contributed by atoms with Crippen LogP contribution in [-0.4, -0.2) is 0 Å². The van der Waals surface area contributed by atoms with Crippen molar-refractivity contribution in [1.29, 1.82) is 0 Å². The maximum atomic E-state index is 6.07.